The number of furan rings is 1. The van der Waals surface area contributed by atoms with Crippen LogP contribution >= 0.6 is 0 Å². The Morgan fingerprint density at radius 3 is 1.76 bits per heavy atom. The van der Waals surface area contributed by atoms with Crippen molar-refractivity contribution in [2.75, 3.05) is 16.4 Å². The maximum Gasteiger partial charge on any atom is 0.135 e. The third-order valence-corrected chi connectivity index (χ3v) is 6.09. The van der Waals surface area contributed by atoms with Gasteiger partial charge < -0.3 is 20.8 Å². The van der Waals surface area contributed by atoms with E-state index in [9.17, 15) is 0 Å². The van der Waals surface area contributed by atoms with Crippen LogP contribution in [0.5, 0.6) is 0 Å². The topological polar surface area (TPSA) is 68.4 Å². The highest BCUT2D eigenvalue weighted by molar-refractivity contribution is 6.06. The molecule has 1 heterocycles. The summed E-state index contributed by atoms with van der Waals surface area (Å²) in [5.41, 5.74) is 20.7. The lowest BCUT2D eigenvalue weighted by Crippen LogP contribution is -2.10. The Morgan fingerprint density at radius 1 is 0.471 bits per heavy atom. The summed E-state index contributed by atoms with van der Waals surface area (Å²) in [6.07, 6.45) is 0. The van der Waals surface area contributed by atoms with Crippen LogP contribution in [-0.2, 0) is 0 Å². The highest BCUT2D eigenvalue weighted by atomic mass is 16.3. The van der Waals surface area contributed by atoms with Crippen molar-refractivity contribution < 1.29 is 4.42 Å². The third-order valence-electron chi connectivity index (χ3n) is 6.09. The van der Waals surface area contributed by atoms with Gasteiger partial charge in [0, 0.05) is 39.2 Å². The number of nitrogens with zero attached hydrogens (tertiary/aromatic N) is 1. The molecule has 4 nitrogen and oxygen atoms in total. The molecule has 0 saturated carbocycles. The lowest BCUT2D eigenvalue weighted by atomic mass is 10.0. The standard InChI is InChI=1S/C30H23N3O/c31-22-5-3-7-25(18-22)33(26-8-4-6-23(32)19-26)24-14-11-20(12-15-24)21-13-16-30-28(17-21)27-9-1-2-10-29(27)34-30/h1-19H,31-32H2. The van der Waals surface area contributed by atoms with Crippen LogP contribution in [0, 0.1) is 0 Å². The summed E-state index contributed by atoms with van der Waals surface area (Å²) < 4.78 is 5.98. The number of nitrogen functional groups attached to an aromatic ring is 2. The first-order chi connectivity index (χ1) is 16.7. The van der Waals surface area contributed by atoms with E-state index >= 15 is 0 Å². The molecule has 0 radical (unpaired) electrons. The van der Waals surface area contributed by atoms with Gasteiger partial charge in [0.25, 0.3) is 0 Å². The minimum atomic E-state index is 0.712. The molecular formula is C30H23N3O. The second-order valence-electron chi connectivity index (χ2n) is 8.38. The number of fused-ring (bicyclic) bond motifs is 3. The molecule has 0 bridgehead atoms. The quantitative estimate of drug-likeness (QED) is 0.273. The predicted molar refractivity (Wildman–Crippen MR) is 143 cm³/mol. The van der Waals surface area contributed by atoms with E-state index in [1.54, 1.807) is 0 Å². The van der Waals surface area contributed by atoms with Gasteiger partial charge in [-0.25, -0.2) is 0 Å². The van der Waals surface area contributed by atoms with Crippen molar-refractivity contribution >= 4 is 50.4 Å². The third kappa shape index (κ3) is 3.51. The highest BCUT2D eigenvalue weighted by Crippen LogP contribution is 2.38. The van der Waals surface area contributed by atoms with Crippen molar-refractivity contribution in [3.8, 4) is 11.1 Å². The minimum Gasteiger partial charge on any atom is -0.456 e. The normalized spacial score (nSPS) is 11.2. The van der Waals surface area contributed by atoms with Crippen LogP contribution in [0.1, 0.15) is 0 Å². The molecule has 6 rings (SSSR count). The fourth-order valence-electron chi connectivity index (χ4n) is 4.48. The smallest absolute Gasteiger partial charge is 0.135 e. The van der Waals surface area contributed by atoms with E-state index in [0.29, 0.717) is 11.4 Å². The van der Waals surface area contributed by atoms with Gasteiger partial charge in [0.1, 0.15) is 11.2 Å². The monoisotopic (exact) mass is 441 g/mol. The van der Waals surface area contributed by atoms with Crippen LogP contribution in [0.25, 0.3) is 33.1 Å². The van der Waals surface area contributed by atoms with E-state index < -0.39 is 0 Å². The first-order valence-electron chi connectivity index (χ1n) is 11.2. The maximum absolute atomic E-state index is 6.10. The van der Waals surface area contributed by atoms with Crippen LogP contribution < -0.4 is 16.4 Å². The van der Waals surface area contributed by atoms with E-state index in [4.69, 9.17) is 15.9 Å². The molecule has 0 saturated heterocycles. The number of benzene rings is 5. The summed E-state index contributed by atoms with van der Waals surface area (Å²) in [5.74, 6) is 0. The fourth-order valence-corrected chi connectivity index (χ4v) is 4.48. The second kappa shape index (κ2) is 8.01. The molecule has 164 valence electrons. The Bertz CT molecular complexity index is 1590. The van der Waals surface area contributed by atoms with Gasteiger partial charge in [-0.15, -0.1) is 0 Å². The van der Waals surface area contributed by atoms with Gasteiger partial charge in [0.05, 0.1) is 0 Å². The average molecular weight is 442 g/mol. The minimum absolute atomic E-state index is 0.712. The number of rotatable bonds is 4. The number of anilines is 5. The van der Waals surface area contributed by atoms with Crippen LogP contribution in [0.2, 0.25) is 0 Å². The summed E-state index contributed by atoms with van der Waals surface area (Å²) in [6.45, 7) is 0. The van der Waals surface area contributed by atoms with Gasteiger partial charge in [0.2, 0.25) is 0 Å². The van der Waals surface area contributed by atoms with Crippen LogP contribution in [0.15, 0.2) is 120 Å². The molecule has 4 N–H and O–H groups in total. The first kappa shape index (κ1) is 19.9. The zero-order valence-electron chi connectivity index (χ0n) is 18.5. The maximum atomic E-state index is 6.10. The summed E-state index contributed by atoms with van der Waals surface area (Å²) in [7, 11) is 0. The van der Waals surface area contributed by atoms with Gasteiger partial charge >= 0.3 is 0 Å². The number of para-hydroxylation sites is 1. The molecule has 5 aromatic carbocycles. The van der Waals surface area contributed by atoms with E-state index in [0.717, 1.165) is 50.1 Å². The largest absolute Gasteiger partial charge is 0.456 e. The van der Waals surface area contributed by atoms with Crippen LogP contribution in [0.3, 0.4) is 0 Å². The summed E-state index contributed by atoms with van der Waals surface area (Å²) in [4.78, 5) is 2.16. The van der Waals surface area contributed by atoms with Crippen molar-refractivity contribution in [2.24, 2.45) is 0 Å². The van der Waals surface area contributed by atoms with Gasteiger partial charge in [-0.2, -0.15) is 0 Å². The molecule has 4 heteroatoms. The van der Waals surface area contributed by atoms with Gasteiger partial charge in [-0.05, 0) is 77.9 Å². The molecule has 6 aromatic rings. The van der Waals surface area contributed by atoms with Crippen molar-refractivity contribution in [3.63, 3.8) is 0 Å². The molecule has 0 unspecified atom stereocenters. The molecule has 0 aliphatic carbocycles. The zero-order valence-corrected chi connectivity index (χ0v) is 18.5. The average Bonchev–Trinajstić information content (AvgIpc) is 3.23. The second-order valence-corrected chi connectivity index (χ2v) is 8.38. The highest BCUT2D eigenvalue weighted by Gasteiger charge is 2.14. The first-order valence-corrected chi connectivity index (χ1v) is 11.2. The summed E-state index contributed by atoms with van der Waals surface area (Å²) in [5, 5.41) is 2.25. The lowest BCUT2D eigenvalue weighted by Gasteiger charge is -2.26. The molecule has 0 spiro atoms. The van der Waals surface area contributed by atoms with Crippen LogP contribution in [-0.4, -0.2) is 0 Å². The Kier molecular flexibility index (Phi) is 4.70. The molecular weight excluding hydrogens is 418 g/mol. The van der Waals surface area contributed by atoms with Gasteiger partial charge in [-0.3, -0.25) is 0 Å². The number of hydrogen-bond donors (Lipinski definition) is 2. The fraction of sp³-hybridized carbons (Fsp3) is 0. The van der Waals surface area contributed by atoms with E-state index in [1.165, 1.54) is 0 Å². The van der Waals surface area contributed by atoms with Crippen molar-refractivity contribution in [1.29, 1.82) is 0 Å². The van der Waals surface area contributed by atoms with Crippen LogP contribution in [0.4, 0.5) is 28.4 Å². The summed E-state index contributed by atoms with van der Waals surface area (Å²) in [6, 6.07) is 38.8. The van der Waals surface area contributed by atoms with E-state index in [2.05, 4.69) is 47.4 Å². The molecule has 0 atom stereocenters. The van der Waals surface area contributed by atoms with Crippen molar-refractivity contribution in [2.45, 2.75) is 0 Å². The number of nitrogens with two attached hydrogens (primary N) is 2. The predicted octanol–water partition coefficient (Wildman–Crippen LogP) is 7.89. The van der Waals surface area contributed by atoms with Crippen molar-refractivity contribution in [1.82, 2.24) is 0 Å². The number of hydrogen-bond acceptors (Lipinski definition) is 4. The molecule has 34 heavy (non-hydrogen) atoms. The molecule has 0 fully saturated rings. The Morgan fingerprint density at radius 2 is 1.09 bits per heavy atom. The Labute approximate surface area is 197 Å². The molecule has 0 amide bonds. The van der Waals surface area contributed by atoms with E-state index in [-0.39, 0.29) is 0 Å². The Hall–Kier alpha value is -4.70. The molecule has 1 aromatic heterocycles. The van der Waals surface area contributed by atoms with E-state index in [1.807, 2.05) is 72.8 Å². The zero-order chi connectivity index (χ0) is 23.1. The SMILES string of the molecule is Nc1cccc(N(c2ccc(-c3ccc4oc5ccccc5c4c3)cc2)c2cccc(N)c2)c1. The molecule has 0 aliphatic heterocycles. The Balaban J connectivity index is 1.42. The van der Waals surface area contributed by atoms with Gasteiger partial charge in [0.15, 0.2) is 0 Å². The molecule has 0 aliphatic rings. The summed E-state index contributed by atoms with van der Waals surface area (Å²) >= 11 is 0. The van der Waals surface area contributed by atoms with Crippen molar-refractivity contribution in [3.05, 3.63) is 115 Å². The lowest BCUT2D eigenvalue weighted by molar-refractivity contribution is 0.669. The van der Waals surface area contributed by atoms with Gasteiger partial charge in [-0.1, -0.05) is 48.5 Å².